The van der Waals surface area contributed by atoms with E-state index in [2.05, 4.69) is 76.9 Å². The molecule has 0 radical (unpaired) electrons. The predicted octanol–water partition coefficient (Wildman–Crippen LogP) is 10.0. The molecule has 0 saturated heterocycles. The molecule has 0 saturated carbocycles. The van der Waals surface area contributed by atoms with Crippen LogP contribution in [-0.4, -0.2) is 20.2 Å². The summed E-state index contributed by atoms with van der Waals surface area (Å²) in [5.74, 6) is 0.980. The standard InChI is InChI=1S/C40H26N4O/c1-3-11-29(12-4-1)33-15-7-8-16-34(33)40-44-43-39(45-40)32-25-21-28(22-26-32)27-19-23-31(24-20-27)38-37(30-13-5-2-6-14-30)41-35-17-9-10-18-36(35)42-38/h1-26H. The average Bonchev–Trinajstić information content (AvgIpc) is 3.62. The van der Waals surface area contributed by atoms with Gasteiger partial charge in [-0.05, 0) is 52.6 Å². The summed E-state index contributed by atoms with van der Waals surface area (Å²) in [6, 6.07) is 53.2. The fraction of sp³-hybridized carbons (Fsp3) is 0. The predicted molar refractivity (Wildman–Crippen MR) is 180 cm³/mol. The van der Waals surface area contributed by atoms with Crippen LogP contribution in [0, 0.1) is 0 Å². The number of hydrogen-bond donors (Lipinski definition) is 0. The molecule has 2 aromatic heterocycles. The van der Waals surface area contributed by atoms with E-state index in [0.717, 1.165) is 66.9 Å². The molecule has 0 amide bonds. The summed E-state index contributed by atoms with van der Waals surface area (Å²) in [5.41, 5.74) is 11.7. The van der Waals surface area contributed by atoms with Gasteiger partial charge in [-0.15, -0.1) is 10.2 Å². The monoisotopic (exact) mass is 578 g/mol. The third-order valence-electron chi connectivity index (χ3n) is 7.91. The molecule has 0 atom stereocenters. The van der Waals surface area contributed by atoms with E-state index in [1.807, 2.05) is 91.0 Å². The molecule has 0 N–H and O–H groups in total. The van der Waals surface area contributed by atoms with Crippen molar-refractivity contribution in [3.05, 3.63) is 158 Å². The molecule has 8 aromatic rings. The zero-order valence-electron chi connectivity index (χ0n) is 24.2. The minimum Gasteiger partial charge on any atom is -0.416 e. The third kappa shape index (κ3) is 5.17. The number of para-hydroxylation sites is 2. The highest BCUT2D eigenvalue weighted by atomic mass is 16.4. The number of hydrogen-bond acceptors (Lipinski definition) is 5. The van der Waals surface area contributed by atoms with E-state index < -0.39 is 0 Å². The van der Waals surface area contributed by atoms with Gasteiger partial charge in [-0.3, -0.25) is 0 Å². The first-order chi connectivity index (χ1) is 22.3. The highest BCUT2D eigenvalue weighted by Crippen LogP contribution is 2.35. The Morgan fingerprint density at radius 1 is 0.311 bits per heavy atom. The van der Waals surface area contributed by atoms with Gasteiger partial charge in [0.2, 0.25) is 11.8 Å². The molecule has 6 aromatic carbocycles. The SMILES string of the molecule is c1ccc(-c2ccccc2-c2nnc(-c3ccc(-c4ccc(-c5nc6ccccc6nc5-c5ccccc5)cc4)cc3)o2)cc1. The summed E-state index contributed by atoms with van der Waals surface area (Å²) in [5, 5.41) is 8.76. The van der Waals surface area contributed by atoms with Crippen LogP contribution >= 0.6 is 0 Å². The van der Waals surface area contributed by atoms with Gasteiger partial charge in [-0.2, -0.15) is 0 Å². The first-order valence-electron chi connectivity index (χ1n) is 14.8. The number of rotatable bonds is 6. The van der Waals surface area contributed by atoms with Gasteiger partial charge in [0.15, 0.2) is 0 Å². The molecule has 2 heterocycles. The molecular formula is C40H26N4O. The molecule has 0 spiro atoms. The average molecular weight is 579 g/mol. The first kappa shape index (κ1) is 26.4. The van der Waals surface area contributed by atoms with Crippen molar-refractivity contribution in [1.29, 1.82) is 0 Å². The first-order valence-corrected chi connectivity index (χ1v) is 14.8. The van der Waals surface area contributed by atoms with E-state index in [9.17, 15) is 0 Å². The van der Waals surface area contributed by atoms with E-state index in [-0.39, 0.29) is 0 Å². The number of benzene rings is 6. The van der Waals surface area contributed by atoms with Crippen LogP contribution in [0.25, 0.3) is 78.7 Å². The van der Waals surface area contributed by atoms with Crippen LogP contribution in [0.3, 0.4) is 0 Å². The Balaban J connectivity index is 1.08. The summed E-state index contributed by atoms with van der Waals surface area (Å²) in [4.78, 5) is 10.0. The van der Waals surface area contributed by atoms with Gasteiger partial charge in [-0.1, -0.05) is 127 Å². The fourth-order valence-corrected chi connectivity index (χ4v) is 5.61. The lowest BCUT2D eigenvalue weighted by atomic mass is 9.99. The van der Waals surface area contributed by atoms with E-state index in [1.165, 1.54) is 0 Å². The van der Waals surface area contributed by atoms with Crippen LogP contribution in [0.2, 0.25) is 0 Å². The summed E-state index contributed by atoms with van der Waals surface area (Å²) < 4.78 is 6.17. The molecule has 8 rings (SSSR count). The van der Waals surface area contributed by atoms with E-state index >= 15 is 0 Å². The van der Waals surface area contributed by atoms with Crippen molar-refractivity contribution in [2.45, 2.75) is 0 Å². The minimum absolute atomic E-state index is 0.484. The van der Waals surface area contributed by atoms with Gasteiger partial charge in [0.25, 0.3) is 0 Å². The molecule has 0 aliphatic heterocycles. The smallest absolute Gasteiger partial charge is 0.248 e. The summed E-state index contributed by atoms with van der Waals surface area (Å²) >= 11 is 0. The maximum Gasteiger partial charge on any atom is 0.248 e. The Kier molecular flexibility index (Phi) is 6.74. The second-order valence-electron chi connectivity index (χ2n) is 10.8. The maximum atomic E-state index is 6.17. The zero-order chi connectivity index (χ0) is 30.0. The molecule has 0 bridgehead atoms. The quantitative estimate of drug-likeness (QED) is 0.196. The summed E-state index contributed by atoms with van der Waals surface area (Å²) in [6.45, 7) is 0. The Bertz CT molecular complexity index is 2240. The van der Waals surface area contributed by atoms with Gasteiger partial charge < -0.3 is 4.42 Å². The van der Waals surface area contributed by atoms with Crippen molar-refractivity contribution in [3.8, 4) is 67.7 Å². The van der Waals surface area contributed by atoms with Gasteiger partial charge in [-0.25, -0.2) is 9.97 Å². The maximum absolute atomic E-state index is 6.17. The van der Waals surface area contributed by atoms with Crippen LogP contribution in [0.4, 0.5) is 0 Å². The normalized spacial score (nSPS) is 11.1. The lowest BCUT2D eigenvalue weighted by molar-refractivity contribution is 0.585. The lowest BCUT2D eigenvalue weighted by Crippen LogP contribution is -1.95. The topological polar surface area (TPSA) is 64.7 Å². The van der Waals surface area contributed by atoms with Gasteiger partial charge in [0.1, 0.15) is 0 Å². The van der Waals surface area contributed by atoms with Crippen LogP contribution in [-0.2, 0) is 0 Å². The van der Waals surface area contributed by atoms with Gasteiger partial charge >= 0.3 is 0 Å². The van der Waals surface area contributed by atoms with Crippen molar-refractivity contribution in [3.63, 3.8) is 0 Å². The number of fused-ring (bicyclic) bond motifs is 1. The Morgan fingerprint density at radius 3 is 1.33 bits per heavy atom. The Morgan fingerprint density at radius 2 is 0.733 bits per heavy atom. The van der Waals surface area contributed by atoms with Gasteiger partial charge in [0, 0.05) is 22.3 Å². The van der Waals surface area contributed by atoms with Crippen molar-refractivity contribution >= 4 is 11.0 Å². The molecule has 0 unspecified atom stereocenters. The van der Waals surface area contributed by atoms with Crippen molar-refractivity contribution in [2.24, 2.45) is 0 Å². The van der Waals surface area contributed by atoms with Gasteiger partial charge in [0.05, 0.1) is 22.4 Å². The second-order valence-corrected chi connectivity index (χ2v) is 10.8. The highest BCUT2D eigenvalue weighted by Gasteiger charge is 2.16. The highest BCUT2D eigenvalue weighted by molar-refractivity contribution is 5.87. The van der Waals surface area contributed by atoms with Crippen LogP contribution in [0.5, 0.6) is 0 Å². The van der Waals surface area contributed by atoms with Crippen molar-refractivity contribution in [1.82, 2.24) is 20.2 Å². The molecular weight excluding hydrogens is 552 g/mol. The zero-order valence-corrected chi connectivity index (χ0v) is 24.2. The summed E-state index contributed by atoms with van der Waals surface area (Å²) in [6.07, 6.45) is 0. The molecule has 0 aliphatic rings. The lowest BCUT2D eigenvalue weighted by Gasteiger charge is -2.11. The van der Waals surface area contributed by atoms with E-state index in [0.29, 0.717) is 11.8 Å². The molecule has 0 fully saturated rings. The van der Waals surface area contributed by atoms with Crippen molar-refractivity contribution in [2.75, 3.05) is 0 Å². The fourth-order valence-electron chi connectivity index (χ4n) is 5.61. The largest absolute Gasteiger partial charge is 0.416 e. The number of nitrogens with zero attached hydrogens (tertiary/aromatic N) is 4. The van der Waals surface area contributed by atoms with E-state index in [4.69, 9.17) is 14.4 Å². The molecule has 5 heteroatoms. The molecule has 0 aliphatic carbocycles. The van der Waals surface area contributed by atoms with E-state index in [1.54, 1.807) is 0 Å². The second kappa shape index (κ2) is 11.5. The number of aromatic nitrogens is 4. The van der Waals surface area contributed by atoms with Crippen molar-refractivity contribution < 1.29 is 4.42 Å². The Hall–Kier alpha value is -6.20. The van der Waals surface area contributed by atoms with Crippen LogP contribution in [0.1, 0.15) is 0 Å². The molecule has 5 nitrogen and oxygen atoms in total. The molecule has 212 valence electrons. The summed E-state index contributed by atoms with van der Waals surface area (Å²) in [7, 11) is 0. The van der Waals surface area contributed by atoms with Crippen LogP contribution < -0.4 is 0 Å². The minimum atomic E-state index is 0.484. The molecule has 45 heavy (non-hydrogen) atoms. The Labute approximate surface area is 260 Å². The van der Waals surface area contributed by atoms with Crippen LogP contribution in [0.15, 0.2) is 162 Å². The third-order valence-corrected chi connectivity index (χ3v) is 7.91.